The van der Waals surface area contributed by atoms with Crippen molar-refractivity contribution in [2.24, 2.45) is 0 Å². The van der Waals surface area contributed by atoms with Crippen molar-refractivity contribution in [3.05, 3.63) is 28.8 Å². The number of benzene rings is 1. The number of amides is 1. The lowest BCUT2D eigenvalue weighted by Gasteiger charge is -2.31. The Labute approximate surface area is 155 Å². The van der Waals surface area contributed by atoms with Gasteiger partial charge in [-0.2, -0.15) is 17.5 Å². The summed E-state index contributed by atoms with van der Waals surface area (Å²) in [6.45, 7) is -0.437. The Balaban J connectivity index is 2.13. The molecule has 146 valence electrons. The molecule has 0 radical (unpaired) electrons. The Morgan fingerprint density at radius 1 is 1.27 bits per heavy atom. The molecule has 0 spiro atoms. The average Bonchev–Trinajstić information content (AvgIpc) is 2.53. The van der Waals surface area contributed by atoms with Crippen LogP contribution >= 0.6 is 11.6 Å². The number of anilines is 1. The molecule has 1 aliphatic rings. The van der Waals surface area contributed by atoms with E-state index in [0.29, 0.717) is 12.8 Å². The van der Waals surface area contributed by atoms with Crippen molar-refractivity contribution >= 4 is 33.2 Å². The summed E-state index contributed by atoms with van der Waals surface area (Å²) in [5, 5.41) is 1.84. The summed E-state index contributed by atoms with van der Waals surface area (Å²) in [6, 6.07) is 2.74. The molecule has 0 aliphatic heterocycles. The first kappa shape index (κ1) is 21.0. The fraction of sp³-hybridized carbons (Fsp3) is 0.562. The van der Waals surface area contributed by atoms with Crippen LogP contribution in [0.25, 0.3) is 0 Å². The number of sulfonamides is 1. The van der Waals surface area contributed by atoms with Gasteiger partial charge >= 0.3 is 6.18 Å². The predicted molar refractivity (Wildman–Crippen MR) is 93.5 cm³/mol. The van der Waals surface area contributed by atoms with Gasteiger partial charge in [0, 0.05) is 11.7 Å². The number of carbonyl (C=O) groups is 1. The van der Waals surface area contributed by atoms with Gasteiger partial charge in [0.05, 0.1) is 23.4 Å². The summed E-state index contributed by atoms with van der Waals surface area (Å²) >= 11 is 5.54. The molecule has 1 aromatic carbocycles. The van der Waals surface area contributed by atoms with Crippen LogP contribution in [0.3, 0.4) is 0 Å². The third kappa shape index (κ3) is 5.59. The van der Waals surface area contributed by atoms with Gasteiger partial charge in [-0.3, -0.25) is 4.79 Å². The molecule has 1 aromatic rings. The van der Waals surface area contributed by atoms with E-state index >= 15 is 0 Å². The quantitative estimate of drug-likeness (QED) is 0.797. The lowest BCUT2D eigenvalue weighted by molar-refractivity contribution is -0.137. The smallest absolute Gasteiger partial charge is 0.325 e. The first-order valence-corrected chi connectivity index (χ1v) is 10.3. The van der Waals surface area contributed by atoms with Crippen molar-refractivity contribution in [1.82, 2.24) is 4.31 Å². The zero-order valence-electron chi connectivity index (χ0n) is 14.1. The first-order chi connectivity index (χ1) is 12.0. The maximum Gasteiger partial charge on any atom is 0.417 e. The zero-order chi connectivity index (χ0) is 19.5. The topological polar surface area (TPSA) is 66.5 Å². The number of alkyl halides is 3. The number of nitrogens with one attached hydrogen (secondary N) is 1. The maximum absolute atomic E-state index is 12.9. The van der Waals surface area contributed by atoms with Crippen LogP contribution in [-0.4, -0.2) is 37.5 Å². The second-order valence-corrected chi connectivity index (χ2v) is 8.68. The minimum Gasteiger partial charge on any atom is -0.325 e. The molecule has 1 aliphatic carbocycles. The Hall–Kier alpha value is -1.32. The lowest BCUT2D eigenvalue weighted by Crippen LogP contribution is -2.45. The Bertz CT molecular complexity index is 762. The number of rotatable bonds is 5. The molecule has 5 nitrogen and oxygen atoms in total. The highest BCUT2D eigenvalue weighted by atomic mass is 35.5. The monoisotopic (exact) mass is 412 g/mol. The van der Waals surface area contributed by atoms with E-state index in [0.717, 1.165) is 42.0 Å². The summed E-state index contributed by atoms with van der Waals surface area (Å²) in [4.78, 5) is 12.2. The minimum atomic E-state index is -4.65. The van der Waals surface area contributed by atoms with Crippen molar-refractivity contribution in [1.29, 1.82) is 0 Å². The number of halogens is 4. The van der Waals surface area contributed by atoms with Gasteiger partial charge in [-0.1, -0.05) is 30.9 Å². The second-order valence-electron chi connectivity index (χ2n) is 6.34. The molecule has 0 saturated heterocycles. The van der Waals surface area contributed by atoms with Gasteiger partial charge in [0.2, 0.25) is 15.9 Å². The van der Waals surface area contributed by atoms with E-state index in [4.69, 9.17) is 11.6 Å². The molecule has 0 atom stereocenters. The second kappa shape index (κ2) is 8.14. The third-order valence-electron chi connectivity index (χ3n) is 4.26. The highest BCUT2D eigenvalue weighted by Crippen LogP contribution is 2.36. The van der Waals surface area contributed by atoms with Crippen molar-refractivity contribution in [3.8, 4) is 0 Å². The molecule has 10 heteroatoms. The lowest BCUT2D eigenvalue weighted by atomic mass is 9.95. The van der Waals surface area contributed by atoms with Crippen molar-refractivity contribution in [2.75, 3.05) is 18.1 Å². The largest absolute Gasteiger partial charge is 0.417 e. The summed E-state index contributed by atoms with van der Waals surface area (Å²) in [7, 11) is -3.62. The number of hydrogen-bond donors (Lipinski definition) is 1. The van der Waals surface area contributed by atoms with Gasteiger partial charge in [-0.05, 0) is 31.0 Å². The van der Waals surface area contributed by atoms with E-state index in [-0.39, 0.29) is 11.7 Å². The van der Waals surface area contributed by atoms with Gasteiger partial charge in [-0.15, -0.1) is 0 Å². The molecule has 0 heterocycles. The third-order valence-corrected chi connectivity index (χ3v) is 5.87. The van der Waals surface area contributed by atoms with Crippen LogP contribution in [0, 0.1) is 0 Å². The van der Waals surface area contributed by atoms with E-state index in [1.807, 2.05) is 0 Å². The van der Waals surface area contributed by atoms with Crippen LogP contribution in [0.4, 0.5) is 18.9 Å². The molecule has 26 heavy (non-hydrogen) atoms. The van der Waals surface area contributed by atoms with Crippen molar-refractivity contribution in [3.63, 3.8) is 0 Å². The molecule has 1 fully saturated rings. The Kier molecular flexibility index (Phi) is 6.57. The van der Waals surface area contributed by atoms with Gasteiger partial charge < -0.3 is 5.32 Å². The van der Waals surface area contributed by atoms with Crippen LogP contribution in [-0.2, 0) is 21.0 Å². The van der Waals surface area contributed by atoms with Crippen molar-refractivity contribution in [2.45, 2.75) is 44.3 Å². The van der Waals surface area contributed by atoms with E-state index in [9.17, 15) is 26.4 Å². The normalized spacial score (nSPS) is 16.7. The average molecular weight is 413 g/mol. The molecule has 2 rings (SSSR count). The zero-order valence-corrected chi connectivity index (χ0v) is 15.7. The minimum absolute atomic E-state index is 0.0937. The fourth-order valence-electron chi connectivity index (χ4n) is 3.05. The highest BCUT2D eigenvalue weighted by molar-refractivity contribution is 7.88. The van der Waals surface area contributed by atoms with Crippen LogP contribution in [0.1, 0.15) is 37.7 Å². The highest BCUT2D eigenvalue weighted by Gasteiger charge is 2.34. The van der Waals surface area contributed by atoms with Crippen molar-refractivity contribution < 1.29 is 26.4 Å². The van der Waals surface area contributed by atoms with Crippen LogP contribution < -0.4 is 5.32 Å². The standard InChI is InChI=1S/C16H20ClF3N2O3S/c1-26(24,25)22(12-5-3-2-4-6-12)10-15(23)21-11-7-8-14(17)13(9-11)16(18,19)20/h7-9,12H,2-6,10H2,1H3,(H,21,23). The van der Waals surface area contributed by atoms with Crippen LogP contribution in [0.2, 0.25) is 5.02 Å². The molecular formula is C16H20ClF3N2O3S. The first-order valence-electron chi connectivity index (χ1n) is 8.12. The van der Waals surface area contributed by atoms with Crippen LogP contribution in [0.15, 0.2) is 18.2 Å². The van der Waals surface area contributed by atoms with Gasteiger partial charge in [0.15, 0.2) is 0 Å². The summed E-state index contributed by atoms with van der Waals surface area (Å²) in [6.07, 6.45) is 0.483. The van der Waals surface area contributed by atoms with Gasteiger partial charge in [-0.25, -0.2) is 8.42 Å². The van der Waals surface area contributed by atoms with Gasteiger partial charge in [0.1, 0.15) is 0 Å². The van der Waals surface area contributed by atoms with Gasteiger partial charge in [0.25, 0.3) is 0 Å². The summed E-state index contributed by atoms with van der Waals surface area (Å²) in [5.74, 6) is -0.698. The SMILES string of the molecule is CS(=O)(=O)N(CC(=O)Nc1ccc(Cl)c(C(F)(F)F)c1)C1CCCCC1. The van der Waals surface area contributed by atoms with E-state index < -0.39 is 39.2 Å². The molecule has 1 N–H and O–H groups in total. The van der Waals surface area contributed by atoms with Crippen LogP contribution in [0.5, 0.6) is 0 Å². The molecule has 0 aromatic heterocycles. The maximum atomic E-state index is 12.9. The number of carbonyl (C=O) groups excluding carboxylic acids is 1. The molecule has 0 bridgehead atoms. The fourth-order valence-corrected chi connectivity index (χ4v) is 4.38. The molecule has 0 unspecified atom stereocenters. The Morgan fingerprint density at radius 3 is 2.42 bits per heavy atom. The van der Waals surface area contributed by atoms with E-state index in [1.165, 1.54) is 6.07 Å². The molecule has 1 amide bonds. The molecular weight excluding hydrogens is 393 g/mol. The number of nitrogens with zero attached hydrogens (tertiary/aromatic N) is 1. The van der Waals surface area contributed by atoms with E-state index in [1.54, 1.807) is 0 Å². The predicted octanol–water partition coefficient (Wildman–Crippen LogP) is 3.89. The summed E-state index contributed by atoms with van der Waals surface area (Å²) in [5.41, 5.74) is -1.16. The van der Waals surface area contributed by atoms with E-state index in [2.05, 4.69) is 5.32 Å². The summed E-state index contributed by atoms with van der Waals surface area (Å²) < 4.78 is 63.9. The number of hydrogen-bond acceptors (Lipinski definition) is 3. The molecule has 1 saturated carbocycles. The Morgan fingerprint density at radius 2 is 1.88 bits per heavy atom.